The van der Waals surface area contributed by atoms with E-state index in [0.717, 1.165) is 6.20 Å². The molecule has 98 valence electrons. The van der Waals surface area contributed by atoms with Gasteiger partial charge in [0.1, 0.15) is 15.6 Å². The fraction of sp³-hybridized carbons (Fsp3) is 0.364. The Bertz CT molecular complexity index is 508. The summed E-state index contributed by atoms with van der Waals surface area (Å²) in [5, 5.41) is 0.225. The van der Waals surface area contributed by atoms with Crippen LogP contribution < -0.4 is 0 Å². The first kappa shape index (κ1) is 14.6. The monoisotopic (exact) mass is 275 g/mol. The Labute approximate surface area is 107 Å². The molecule has 18 heavy (non-hydrogen) atoms. The van der Waals surface area contributed by atoms with Crippen LogP contribution in [0, 0.1) is 6.92 Å². The molecular formula is C11H12F3N3S. The number of hydrogen-bond donors (Lipinski definition) is 0. The maximum atomic E-state index is 12.3. The van der Waals surface area contributed by atoms with Crippen LogP contribution in [0.15, 0.2) is 18.6 Å². The van der Waals surface area contributed by atoms with Gasteiger partial charge in [0.25, 0.3) is 0 Å². The number of halogens is 3. The molecule has 0 fully saturated rings. The van der Waals surface area contributed by atoms with Crippen molar-refractivity contribution in [1.82, 2.24) is 15.0 Å². The van der Waals surface area contributed by atoms with Gasteiger partial charge in [0, 0.05) is 6.20 Å². The molecule has 2 aromatic heterocycles. The highest BCUT2D eigenvalue weighted by atomic mass is 32.1. The van der Waals surface area contributed by atoms with E-state index in [0.29, 0.717) is 22.7 Å². The molecule has 2 aromatic rings. The average molecular weight is 275 g/mol. The number of aryl methyl sites for hydroxylation is 1. The number of rotatable bonds is 1. The van der Waals surface area contributed by atoms with Crippen LogP contribution in [0.4, 0.5) is 13.2 Å². The average Bonchev–Trinajstić information content (AvgIpc) is 2.80. The first-order chi connectivity index (χ1) is 8.47. The zero-order valence-electron chi connectivity index (χ0n) is 10.1. The molecule has 2 heterocycles. The smallest absolute Gasteiger partial charge is 0.260 e. The molecule has 3 nitrogen and oxygen atoms in total. The summed E-state index contributed by atoms with van der Waals surface area (Å²) in [5.41, 5.74) is 1.00. The zero-order chi connectivity index (χ0) is 13.8. The number of aromatic nitrogens is 3. The molecule has 0 aliphatic heterocycles. The Hall–Kier alpha value is -1.50. The van der Waals surface area contributed by atoms with Gasteiger partial charge < -0.3 is 0 Å². The van der Waals surface area contributed by atoms with Crippen molar-refractivity contribution < 1.29 is 13.2 Å². The molecule has 0 saturated heterocycles. The third-order valence-electron chi connectivity index (χ3n) is 1.76. The lowest BCUT2D eigenvalue weighted by molar-refractivity contribution is -0.134. The topological polar surface area (TPSA) is 38.7 Å². The third-order valence-corrected chi connectivity index (χ3v) is 2.82. The van der Waals surface area contributed by atoms with Crippen molar-refractivity contribution in [1.29, 1.82) is 0 Å². The Morgan fingerprint density at radius 3 is 2.28 bits per heavy atom. The first-order valence-electron chi connectivity index (χ1n) is 5.29. The molecule has 0 unspecified atom stereocenters. The summed E-state index contributed by atoms with van der Waals surface area (Å²) in [6, 6.07) is 0. The fourth-order valence-corrected chi connectivity index (χ4v) is 1.83. The van der Waals surface area contributed by atoms with Gasteiger partial charge in [-0.15, -0.1) is 11.3 Å². The Morgan fingerprint density at radius 1 is 1.11 bits per heavy atom. The number of thiazole rings is 1. The summed E-state index contributed by atoms with van der Waals surface area (Å²) < 4.78 is 37.0. The number of nitrogens with zero attached hydrogens (tertiary/aromatic N) is 3. The van der Waals surface area contributed by atoms with E-state index in [9.17, 15) is 13.2 Å². The quantitative estimate of drug-likeness (QED) is 0.791. The Balaban J connectivity index is 0.000000771. The maximum Gasteiger partial charge on any atom is 0.427 e. The summed E-state index contributed by atoms with van der Waals surface area (Å²) >= 11 is 0.563. The van der Waals surface area contributed by atoms with E-state index in [4.69, 9.17) is 0 Å². The molecule has 0 aromatic carbocycles. The minimum absolute atomic E-state index is 0.225. The Kier molecular flexibility index (Phi) is 4.77. The van der Waals surface area contributed by atoms with Gasteiger partial charge in [-0.25, -0.2) is 9.97 Å². The van der Waals surface area contributed by atoms with Gasteiger partial charge in [0.15, 0.2) is 0 Å². The summed E-state index contributed by atoms with van der Waals surface area (Å²) in [7, 11) is 0. The highest BCUT2D eigenvalue weighted by Gasteiger charge is 2.33. The van der Waals surface area contributed by atoms with Crippen molar-refractivity contribution in [3.8, 4) is 10.7 Å². The molecule has 0 amide bonds. The van der Waals surface area contributed by atoms with Crippen molar-refractivity contribution in [2.45, 2.75) is 26.9 Å². The van der Waals surface area contributed by atoms with E-state index >= 15 is 0 Å². The molecule has 0 N–H and O–H groups in total. The molecule has 0 aliphatic carbocycles. The number of hydrogen-bond acceptors (Lipinski definition) is 4. The standard InChI is InChI=1S/C9H6F3N3S.C2H6/c1-5-2-13-3-6(15-5)8-14-4-7(16-8)9(10,11)12;1-2/h2-4H,1H3;1-2H3. The molecule has 0 saturated carbocycles. The van der Waals surface area contributed by atoms with E-state index in [2.05, 4.69) is 15.0 Å². The molecule has 2 rings (SSSR count). The van der Waals surface area contributed by atoms with Crippen LogP contribution >= 0.6 is 11.3 Å². The highest BCUT2D eigenvalue weighted by Crippen LogP contribution is 2.35. The van der Waals surface area contributed by atoms with Gasteiger partial charge in [-0.3, -0.25) is 4.98 Å². The second-order valence-corrected chi connectivity index (χ2v) is 4.10. The van der Waals surface area contributed by atoms with Gasteiger partial charge >= 0.3 is 6.18 Å². The second kappa shape index (κ2) is 5.90. The van der Waals surface area contributed by atoms with Crippen molar-refractivity contribution in [2.24, 2.45) is 0 Å². The van der Waals surface area contributed by atoms with E-state index in [1.54, 1.807) is 6.92 Å². The van der Waals surface area contributed by atoms with Crippen molar-refractivity contribution in [3.63, 3.8) is 0 Å². The lowest BCUT2D eigenvalue weighted by atomic mass is 10.4. The first-order valence-corrected chi connectivity index (χ1v) is 6.10. The van der Waals surface area contributed by atoms with Crippen LogP contribution in [-0.4, -0.2) is 15.0 Å². The lowest BCUT2D eigenvalue weighted by Crippen LogP contribution is -2.00. The van der Waals surface area contributed by atoms with E-state index in [1.165, 1.54) is 12.4 Å². The van der Waals surface area contributed by atoms with Crippen molar-refractivity contribution in [3.05, 3.63) is 29.2 Å². The summed E-state index contributed by atoms with van der Waals surface area (Å²) in [6.45, 7) is 5.72. The Morgan fingerprint density at radius 2 is 1.78 bits per heavy atom. The minimum atomic E-state index is -4.35. The summed E-state index contributed by atoms with van der Waals surface area (Å²) in [4.78, 5) is 10.9. The van der Waals surface area contributed by atoms with E-state index in [-0.39, 0.29) is 5.01 Å². The third kappa shape index (κ3) is 3.49. The predicted molar refractivity (Wildman–Crippen MR) is 64.2 cm³/mol. The summed E-state index contributed by atoms with van der Waals surface area (Å²) in [5.74, 6) is 0. The van der Waals surface area contributed by atoms with Gasteiger partial charge in [-0.05, 0) is 6.92 Å². The van der Waals surface area contributed by atoms with Crippen LogP contribution in [-0.2, 0) is 6.18 Å². The minimum Gasteiger partial charge on any atom is -0.260 e. The molecule has 0 spiro atoms. The van der Waals surface area contributed by atoms with Gasteiger partial charge in [0.05, 0.1) is 18.1 Å². The van der Waals surface area contributed by atoms with Crippen LogP contribution in [0.2, 0.25) is 0 Å². The predicted octanol–water partition coefficient (Wildman–Crippen LogP) is 3.95. The maximum absolute atomic E-state index is 12.3. The van der Waals surface area contributed by atoms with Gasteiger partial charge in [-0.2, -0.15) is 13.2 Å². The van der Waals surface area contributed by atoms with E-state index in [1.807, 2.05) is 13.8 Å². The molecular weight excluding hydrogens is 263 g/mol. The lowest BCUT2D eigenvalue weighted by Gasteiger charge is -1.99. The van der Waals surface area contributed by atoms with Gasteiger partial charge in [-0.1, -0.05) is 13.8 Å². The van der Waals surface area contributed by atoms with E-state index < -0.39 is 11.1 Å². The molecule has 7 heteroatoms. The normalized spacial score (nSPS) is 10.8. The SMILES string of the molecule is CC.Cc1cncc(-c2ncc(C(F)(F)F)s2)n1. The molecule has 0 aliphatic rings. The molecule has 0 atom stereocenters. The molecule has 0 bridgehead atoms. The van der Waals surface area contributed by atoms with Crippen LogP contribution in [0.5, 0.6) is 0 Å². The second-order valence-electron chi connectivity index (χ2n) is 3.07. The van der Waals surface area contributed by atoms with Gasteiger partial charge in [0.2, 0.25) is 0 Å². The highest BCUT2D eigenvalue weighted by molar-refractivity contribution is 7.15. The van der Waals surface area contributed by atoms with Crippen molar-refractivity contribution in [2.75, 3.05) is 0 Å². The van der Waals surface area contributed by atoms with Crippen LogP contribution in [0.1, 0.15) is 24.4 Å². The van der Waals surface area contributed by atoms with Crippen molar-refractivity contribution >= 4 is 11.3 Å². The summed E-state index contributed by atoms with van der Waals surface area (Å²) in [6.07, 6.45) is -0.620. The number of alkyl halides is 3. The zero-order valence-corrected chi connectivity index (χ0v) is 10.9. The van der Waals surface area contributed by atoms with Crippen LogP contribution in [0.3, 0.4) is 0 Å². The van der Waals surface area contributed by atoms with Crippen LogP contribution in [0.25, 0.3) is 10.7 Å². The molecule has 0 radical (unpaired) electrons. The largest absolute Gasteiger partial charge is 0.427 e. The fourth-order valence-electron chi connectivity index (χ4n) is 1.09.